The maximum atomic E-state index is 12.2. The zero-order valence-electron chi connectivity index (χ0n) is 16.6. The molecule has 0 spiro atoms. The Bertz CT molecular complexity index is 1270. The number of ether oxygens (including phenoxy) is 1. The van der Waals surface area contributed by atoms with Gasteiger partial charge in [-0.25, -0.2) is 10.2 Å². The third kappa shape index (κ3) is 4.32. The largest absolute Gasteiger partial charge is 0.508 e. The second-order valence-corrected chi connectivity index (χ2v) is 6.73. The molecule has 8 nitrogen and oxygen atoms in total. The molecule has 0 aliphatic carbocycles. The molecule has 156 valence electrons. The Morgan fingerprint density at radius 1 is 1.13 bits per heavy atom. The first kappa shape index (κ1) is 20.0. The van der Waals surface area contributed by atoms with E-state index < -0.39 is 5.97 Å². The van der Waals surface area contributed by atoms with Crippen LogP contribution in [-0.2, 0) is 11.3 Å². The van der Waals surface area contributed by atoms with Gasteiger partial charge in [0.1, 0.15) is 11.5 Å². The maximum Gasteiger partial charge on any atom is 0.373 e. The van der Waals surface area contributed by atoms with Crippen molar-refractivity contribution in [2.45, 2.75) is 6.54 Å². The minimum absolute atomic E-state index is 0.0862. The third-order valence-electron chi connectivity index (χ3n) is 4.69. The summed E-state index contributed by atoms with van der Waals surface area (Å²) in [5.74, 6) is -0.0761. The molecule has 0 aliphatic rings. The van der Waals surface area contributed by atoms with E-state index in [9.17, 15) is 14.7 Å². The van der Waals surface area contributed by atoms with Crippen LogP contribution in [0.2, 0.25) is 0 Å². The van der Waals surface area contributed by atoms with Crippen molar-refractivity contribution in [3.63, 3.8) is 0 Å². The van der Waals surface area contributed by atoms with Gasteiger partial charge in [0.05, 0.1) is 19.9 Å². The van der Waals surface area contributed by atoms with Gasteiger partial charge in [-0.15, -0.1) is 0 Å². The number of esters is 1. The number of aromatic hydroxyl groups is 1. The van der Waals surface area contributed by atoms with Gasteiger partial charge in [0.15, 0.2) is 0 Å². The van der Waals surface area contributed by atoms with Crippen LogP contribution in [0.3, 0.4) is 0 Å². The van der Waals surface area contributed by atoms with Gasteiger partial charge in [-0.05, 0) is 42.5 Å². The average Bonchev–Trinajstić information content (AvgIpc) is 3.39. The molecular weight excluding hydrogens is 398 g/mol. The summed E-state index contributed by atoms with van der Waals surface area (Å²) in [5, 5.41) is 14.3. The van der Waals surface area contributed by atoms with Crippen molar-refractivity contribution in [1.82, 2.24) is 9.99 Å². The number of aromatic nitrogens is 1. The average molecular weight is 417 g/mol. The molecule has 0 fully saturated rings. The molecule has 31 heavy (non-hydrogen) atoms. The van der Waals surface area contributed by atoms with Crippen LogP contribution in [0.5, 0.6) is 5.75 Å². The van der Waals surface area contributed by atoms with E-state index in [0.717, 1.165) is 16.5 Å². The molecule has 8 heteroatoms. The van der Waals surface area contributed by atoms with Crippen LogP contribution in [0.4, 0.5) is 0 Å². The molecule has 0 unspecified atom stereocenters. The van der Waals surface area contributed by atoms with Gasteiger partial charge in [-0.2, -0.15) is 5.10 Å². The molecule has 2 aromatic heterocycles. The predicted octanol–water partition coefficient (Wildman–Crippen LogP) is 3.54. The van der Waals surface area contributed by atoms with Crippen molar-refractivity contribution >= 4 is 29.0 Å². The zero-order chi connectivity index (χ0) is 21.8. The lowest BCUT2D eigenvalue weighted by molar-refractivity contribution is 0.0562. The Morgan fingerprint density at radius 3 is 2.68 bits per heavy atom. The molecule has 4 rings (SSSR count). The van der Waals surface area contributed by atoms with E-state index in [0.29, 0.717) is 17.9 Å². The molecule has 0 aliphatic heterocycles. The van der Waals surface area contributed by atoms with E-state index in [1.807, 2.05) is 35.0 Å². The van der Waals surface area contributed by atoms with Gasteiger partial charge in [-0.1, -0.05) is 18.2 Å². The van der Waals surface area contributed by atoms with Crippen LogP contribution < -0.4 is 5.43 Å². The molecule has 1 amide bonds. The van der Waals surface area contributed by atoms with Gasteiger partial charge in [0.2, 0.25) is 5.76 Å². The number of carbonyl (C=O) groups excluding carboxylic acids is 2. The Hall–Kier alpha value is -4.33. The summed E-state index contributed by atoms with van der Waals surface area (Å²) in [5.41, 5.74) is 4.62. The Kier molecular flexibility index (Phi) is 5.53. The molecule has 0 atom stereocenters. The summed E-state index contributed by atoms with van der Waals surface area (Å²) in [6.07, 6.45) is 3.46. The summed E-state index contributed by atoms with van der Waals surface area (Å²) in [7, 11) is 1.30. The minimum atomic E-state index is -0.527. The number of phenols is 1. The van der Waals surface area contributed by atoms with E-state index in [4.69, 9.17) is 4.42 Å². The van der Waals surface area contributed by atoms with Crippen molar-refractivity contribution in [2.75, 3.05) is 7.11 Å². The van der Waals surface area contributed by atoms with E-state index in [-0.39, 0.29) is 17.4 Å². The number of furan rings is 1. The summed E-state index contributed by atoms with van der Waals surface area (Å²) < 4.78 is 12.2. The van der Waals surface area contributed by atoms with Gasteiger partial charge in [-0.3, -0.25) is 4.79 Å². The fraction of sp³-hybridized carbons (Fsp3) is 0.0870. The number of benzene rings is 2. The van der Waals surface area contributed by atoms with E-state index in [2.05, 4.69) is 15.3 Å². The Morgan fingerprint density at radius 2 is 1.90 bits per heavy atom. The van der Waals surface area contributed by atoms with Crippen LogP contribution in [-0.4, -0.2) is 34.9 Å². The lowest BCUT2D eigenvalue weighted by Crippen LogP contribution is -2.17. The fourth-order valence-electron chi connectivity index (χ4n) is 3.19. The van der Waals surface area contributed by atoms with Crippen molar-refractivity contribution in [2.24, 2.45) is 5.10 Å². The highest BCUT2D eigenvalue weighted by molar-refractivity contribution is 6.00. The van der Waals surface area contributed by atoms with Gasteiger partial charge in [0, 0.05) is 28.2 Å². The number of amides is 1. The number of methoxy groups -OCH3 is 1. The van der Waals surface area contributed by atoms with Crippen molar-refractivity contribution in [3.05, 3.63) is 89.5 Å². The lowest BCUT2D eigenvalue weighted by Gasteiger charge is -2.02. The van der Waals surface area contributed by atoms with E-state index in [1.54, 1.807) is 18.3 Å². The Labute approximate surface area is 177 Å². The number of carbonyl (C=O) groups is 2. The highest BCUT2D eigenvalue weighted by atomic mass is 16.5. The standard InChI is InChI=1S/C23H19N3O5/c1-30-23(29)21-11-10-18(31-21)14-26-13-16(19-4-2-3-5-20(19)26)12-24-25-22(28)15-6-8-17(27)9-7-15/h2-13,27H,14H2,1H3,(H,25,28)/b24-12-. The first-order valence-corrected chi connectivity index (χ1v) is 9.42. The first-order chi connectivity index (χ1) is 15.0. The third-order valence-corrected chi connectivity index (χ3v) is 4.69. The van der Waals surface area contributed by atoms with Crippen LogP contribution >= 0.6 is 0 Å². The lowest BCUT2D eigenvalue weighted by atomic mass is 10.2. The molecule has 4 aromatic rings. The first-order valence-electron chi connectivity index (χ1n) is 9.42. The number of hydrogen-bond donors (Lipinski definition) is 2. The van der Waals surface area contributed by atoms with E-state index in [1.165, 1.54) is 31.4 Å². The molecule has 2 N–H and O–H groups in total. The number of nitrogens with one attached hydrogen (secondary N) is 1. The maximum absolute atomic E-state index is 12.2. The quantitative estimate of drug-likeness (QED) is 0.284. The van der Waals surface area contributed by atoms with Gasteiger partial charge < -0.3 is 18.8 Å². The summed E-state index contributed by atoms with van der Waals surface area (Å²) in [6, 6.07) is 17.0. The number of nitrogens with zero attached hydrogens (tertiary/aromatic N) is 2. The number of phenolic OH excluding ortho intramolecular Hbond substituents is 1. The predicted molar refractivity (Wildman–Crippen MR) is 114 cm³/mol. The normalized spacial score (nSPS) is 11.1. The van der Waals surface area contributed by atoms with Crippen molar-refractivity contribution in [1.29, 1.82) is 0 Å². The molecule has 2 aromatic carbocycles. The monoisotopic (exact) mass is 417 g/mol. The van der Waals surface area contributed by atoms with Crippen LogP contribution in [0, 0.1) is 0 Å². The molecule has 2 heterocycles. The highest BCUT2D eigenvalue weighted by Crippen LogP contribution is 2.22. The zero-order valence-corrected chi connectivity index (χ0v) is 16.6. The van der Waals surface area contributed by atoms with Crippen LogP contribution in [0.1, 0.15) is 32.2 Å². The Balaban J connectivity index is 1.54. The second-order valence-electron chi connectivity index (χ2n) is 6.73. The smallest absolute Gasteiger partial charge is 0.373 e. The molecule has 0 saturated carbocycles. The van der Waals surface area contributed by atoms with Gasteiger partial charge in [0.25, 0.3) is 5.91 Å². The number of hydrogen-bond acceptors (Lipinski definition) is 6. The van der Waals surface area contributed by atoms with Crippen molar-refractivity contribution < 1.29 is 23.8 Å². The van der Waals surface area contributed by atoms with Crippen LogP contribution in [0.15, 0.2) is 76.4 Å². The number of fused-ring (bicyclic) bond motifs is 1. The molecule has 0 saturated heterocycles. The highest BCUT2D eigenvalue weighted by Gasteiger charge is 2.13. The van der Waals surface area contributed by atoms with Gasteiger partial charge >= 0.3 is 5.97 Å². The number of hydrazone groups is 1. The molecule has 0 radical (unpaired) electrons. The molecular formula is C23H19N3O5. The summed E-state index contributed by atoms with van der Waals surface area (Å²) in [4.78, 5) is 23.8. The van der Waals surface area contributed by atoms with Crippen molar-refractivity contribution in [3.8, 4) is 5.75 Å². The minimum Gasteiger partial charge on any atom is -0.508 e. The number of rotatable bonds is 6. The van der Waals surface area contributed by atoms with E-state index >= 15 is 0 Å². The fourth-order valence-corrected chi connectivity index (χ4v) is 3.19. The topological polar surface area (TPSA) is 106 Å². The number of para-hydroxylation sites is 1. The summed E-state index contributed by atoms with van der Waals surface area (Å²) in [6.45, 7) is 0.408. The molecule has 0 bridgehead atoms. The summed E-state index contributed by atoms with van der Waals surface area (Å²) >= 11 is 0. The SMILES string of the molecule is COC(=O)c1ccc(Cn2cc(/C=N\NC(=O)c3ccc(O)cc3)c3ccccc32)o1. The van der Waals surface area contributed by atoms with Crippen LogP contribution in [0.25, 0.3) is 10.9 Å². The second kappa shape index (κ2) is 8.58.